The number of carbonyl (C=O) groups excluding carboxylic acids is 1. The second-order valence-electron chi connectivity index (χ2n) is 4.97. The van der Waals surface area contributed by atoms with E-state index in [4.69, 9.17) is 11.6 Å². The van der Waals surface area contributed by atoms with E-state index in [1.807, 2.05) is 6.92 Å². The van der Waals surface area contributed by atoms with Crippen molar-refractivity contribution in [3.05, 3.63) is 38.9 Å². The first-order chi connectivity index (χ1) is 9.49. The highest BCUT2D eigenvalue weighted by atomic mass is 35.5. The van der Waals surface area contributed by atoms with Crippen LogP contribution in [0.2, 0.25) is 5.02 Å². The maximum atomic E-state index is 12.2. The molecule has 1 saturated heterocycles. The number of nitro groups is 1. The number of nitrogens with zero attached hydrogens (tertiary/aromatic N) is 1. The van der Waals surface area contributed by atoms with Crippen molar-refractivity contribution in [2.75, 3.05) is 13.1 Å². The number of hydrogen-bond donors (Lipinski definition) is 2. The first kappa shape index (κ1) is 17.7. The zero-order chi connectivity index (χ0) is 14.7. The van der Waals surface area contributed by atoms with E-state index < -0.39 is 10.8 Å². The van der Waals surface area contributed by atoms with Crippen LogP contribution in [0.4, 0.5) is 5.69 Å². The number of hydrogen-bond acceptors (Lipinski definition) is 4. The standard InChI is InChI=1S/C13H16ClN3O3.ClH/c1-8-7-15-5-4-11(8)16-13(18)10-3-2-9(14)6-12(10)17(19)20;/h2-3,6,8,11,15H,4-5,7H2,1H3,(H,16,18);1H. The van der Waals surface area contributed by atoms with Gasteiger partial charge in [-0.05, 0) is 37.6 Å². The van der Waals surface area contributed by atoms with Crippen molar-refractivity contribution in [3.63, 3.8) is 0 Å². The average molecular weight is 334 g/mol. The maximum Gasteiger partial charge on any atom is 0.283 e. The van der Waals surface area contributed by atoms with Crippen LogP contribution in [0.15, 0.2) is 18.2 Å². The number of halogens is 2. The lowest BCUT2D eigenvalue weighted by atomic mass is 9.95. The van der Waals surface area contributed by atoms with Crippen molar-refractivity contribution in [3.8, 4) is 0 Å². The van der Waals surface area contributed by atoms with Crippen LogP contribution in [0.1, 0.15) is 23.7 Å². The summed E-state index contributed by atoms with van der Waals surface area (Å²) in [5.74, 6) is -0.133. The number of carbonyl (C=O) groups is 1. The van der Waals surface area contributed by atoms with Gasteiger partial charge in [0.05, 0.1) is 4.92 Å². The summed E-state index contributed by atoms with van der Waals surface area (Å²) in [5, 5.41) is 17.3. The summed E-state index contributed by atoms with van der Waals surface area (Å²) < 4.78 is 0. The molecule has 8 heteroatoms. The zero-order valence-electron chi connectivity index (χ0n) is 11.5. The fourth-order valence-corrected chi connectivity index (χ4v) is 2.49. The average Bonchev–Trinajstić information content (AvgIpc) is 2.41. The van der Waals surface area contributed by atoms with Crippen molar-refractivity contribution in [1.82, 2.24) is 10.6 Å². The van der Waals surface area contributed by atoms with Crippen LogP contribution in [0.3, 0.4) is 0 Å². The molecule has 0 aromatic heterocycles. The molecule has 0 saturated carbocycles. The lowest BCUT2D eigenvalue weighted by Gasteiger charge is -2.30. The summed E-state index contributed by atoms with van der Waals surface area (Å²) >= 11 is 5.74. The number of rotatable bonds is 3. The lowest BCUT2D eigenvalue weighted by molar-refractivity contribution is -0.385. The van der Waals surface area contributed by atoms with Gasteiger partial charge in [0.15, 0.2) is 0 Å². The first-order valence-corrected chi connectivity index (χ1v) is 6.82. The monoisotopic (exact) mass is 333 g/mol. The molecule has 21 heavy (non-hydrogen) atoms. The molecule has 6 nitrogen and oxygen atoms in total. The highest BCUT2D eigenvalue weighted by molar-refractivity contribution is 6.31. The number of amides is 1. The van der Waals surface area contributed by atoms with Gasteiger partial charge in [-0.15, -0.1) is 12.4 Å². The maximum absolute atomic E-state index is 12.2. The normalized spacial score (nSPS) is 21.2. The number of nitro benzene ring substituents is 1. The SMILES string of the molecule is CC1CNCCC1NC(=O)c1ccc(Cl)cc1[N+](=O)[O-].Cl. The molecule has 1 amide bonds. The van der Waals surface area contributed by atoms with Gasteiger partial charge < -0.3 is 10.6 Å². The fourth-order valence-electron chi connectivity index (χ4n) is 2.32. The Balaban J connectivity index is 0.00000220. The van der Waals surface area contributed by atoms with Gasteiger partial charge in [-0.25, -0.2) is 0 Å². The van der Waals surface area contributed by atoms with Crippen LogP contribution in [-0.4, -0.2) is 30.0 Å². The largest absolute Gasteiger partial charge is 0.349 e. The highest BCUT2D eigenvalue weighted by Crippen LogP contribution is 2.23. The third-order valence-corrected chi connectivity index (χ3v) is 3.74. The molecule has 0 spiro atoms. The van der Waals surface area contributed by atoms with Crippen molar-refractivity contribution in [1.29, 1.82) is 0 Å². The Labute approximate surface area is 133 Å². The molecule has 1 fully saturated rings. The minimum atomic E-state index is -0.591. The Kier molecular flexibility index (Phi) is 6.39. The highest BCUT2D eigenvalue weighted by Gasteiger charge is 2.26. The molecule has 2 N–H and O–H groups in total. The number of nitrogens with one attached hydrogen (secondary N) is 2. The van der Waals surface area contributed by atoms with Gasteiger partial charge in [0.1, 0.15) is 5.56 Å². The smallest absolute Gasteiger partial charge is 0.283 e. The van der Waals surface area contributed by atoms with Crippen LogP contribution in [0, 0.1) is 16.0 Å². The molecule has 0 bridgehead atoms. The number of piperidine rings is 1. The summed E-state index contributed by atoms with van der Waals surface area (Å²) in [5.41, 5.74) is -0.221. The molecule has 116 valence electrons. The van der Waals surface area contributed by atoms with Crippen molar-refractivity contribution < 1.29 is 9.72 Å². The molecule has 2 unspecified atom stereocenters. The third-order valence-electron chi connectivity index (χ3n) is 3.50. The Morgan fingerprint density at radius 2 is 2.24 bits per heavy atom. The zero-order valence-corrected chi connectivity index (χ0v) is 13.0. The molecule has 0 radical (unpaired) electrons. The van der Waals surface area contributed by atoms with Gasteiger partial charge in [0.2, 0.25) is 0 Å². The molecular formula is C13H17Cl2N3O3. The summed E-state index contributed by atoms with van der Waals surface area (Å²) in [6, 6.07) is 4.10. The number of benzene rings is 1. The quantitative estimate of drug-likeness (QED) is 0.657. The van der Waals surface area contributed by atoms with Crippen molar-refractivity contribution in [2.45, 2.75) is 19.4 Å². The Morgan fingerprint density at radius 3 is 2.86 bits per heavy atom. The second-order valence-corrected chi connectivity index (χ2v) is 5.41. The van der Waals surface area contributed by atoms with Crippen molar-refractivity contribution in [2.24, 2.45) is 5.92 Å². The summed E-state index contributed by atoms with van der Waals surface area (Å²) in [4.78, 5) is 22.6. The van der Waals surface area contributed by atoms with E-state index in [1.165, 1.54) is 18.2 Å². The van der Waals surface area contributed by atoms with Gasteiger partial charge in [-0.1, -0.05) is 18.5 Å². The molecule has 2 atom stereocenters. The first-order valence-electron chi connectivity index (χ1n) is 6.44. The van der Waals surface area contributed by atoms with E-state index in [0.717, 1.165) is 19.5 Å². The van der Waals surface area contributed by atoms with Crippen LogP contribution >= 0.6 is 24.0 Å². The minimum absolute atomic E-state index is 0. The predicted molar refractivity (Wildman–Crippen MR) is 83.3 cm³/mol. The third kappa shape index (κ3) is 4.30. The minimum Gasteiger partial charge on any atom is -0.349 e. The van der Waals surface area contributed by atoms with Crippen LogP contribution < -0.4 is 10.6 Å². The van der Waals surface area contributed by atoms with E-state index in [0.29, 0.717) is 5.92 Å². The van der Waals surface area contributed by atoms with Crippen LogP contribution in [-0.2, 0) is 0 Å². The topological polar surface area (TPSA) is 84.3 Å². The molecule has 0 aliphatic carbocycles. The predicted octanol–water partition coefficient (Wildman–Crippen LogP) is 2.40. The Morgan fingerprint density at radius 1 is 1.52 bits per heavy atom. The molecule has 1 aromatic carbocycles. The van der Waals surface area contributed by atoms with Crippen molar-refractivity contribution >= 4 is 35.6 Å². The van der Waals surface area contributed by atoms with Crippen LogP contribution in [0.5, 0.6) is 0 Å². The second kappa shape index (κ2) is 7.59. The van der Waals surface area contributed by atoms with Gasteiger partial charge >= 0.3 is 0 Å². The fraction of sp³-hybridized carbons (Fsp3) is 0.462. The molecule has 1 heterocycles. The molecule has 2 rings (SSSR count). The van der Waals surface area contributed by atoms with Gasteiger partial charge in [-0.2, -0.15) is 0 Å². The Bertz CT molecular complexity index is 539. The summed E-state index contributed by atoms with van der Waals surface area (Å²) in [6.45, 7) is 3.69. The summed E-state index contributed by atoms with van der Waals surface area (Å²) in [7, 11) is 0. The molecule has 1 aliphatic heterocycles. The Hall–Kier alpha value is -1.37. The lowest BCUT2D eigenvalue weighted by Crippen LogP contribution is -2.48. The van der Waals surface area contributed by atoms with Gasteiger partial charge in [0, 0.05) is 17.1 Å². The van der Waals surface area contributed by atoms with Gasteiger partial charge in [0.25, 0.3) is 11.6 Å². The van der Waals surface area contributed by atoms with E-state index in [1.54, 1.807) is 0 Å². The van der Waals surface area contributed by atoms with E-state index in [2.05, 4.69) is 10.6 Å². The van der Waals surface area contributed by atoms with E-state index >= 15 is 0 Å². The molecule has 1 aromatic rings. The molecular weight excluding hydrogens is 317 g/mol. The summed E-state index contributed by atoms with van der Waals surface area (Å²) in [6.07, 6.45) is 0.814. The van der Waals surface area contributed by atoms with Crippen LogP contribution in [0.25, 0.3) is 0 Å². The van der Waals surface area contributed by atoms with E-state index in [9.17, 15) is 14.9 Å². The van der Waals surface area contributed by atoms with E-state index in [-0.39, 0.29) is 34.7 Å². The molecule has 1 aliphatic rings. The van der Waals surface area contributed by atoms with Gasteiger partial charge in [-0.3, -0.25) is 14.9 Å².